The van der Waals surface area contributed by atoms with E-state index in [9.17, 15) is 0 Å². The molecule has 1 unspecified atom stereocenters. The van der Waals surface area contributed by atoms with Crippen molar-refractivity contribution in [3.8, 4) is 5.75 Å². The summed E-state index contributed by atoms with van der Waals surface area (Å²) in [4.78, 5) is 0. The molecular weight excluding hydrogens is 312 g/mol. The molecule has 0 aliphatic carbocycles. The molecule has 1 aliphatic heterocycles. The van der Waals surface area contributed by atoms with Crippen molar-refractivity contribution in [2.45, 2.75) is 12.5 Å². The fraction of sp³-hybridized carbons (Fsp3) is 0.400. The number of epoxide rings is 1. The summed E-state index contributed by atoms with van der Waals surface area (Å²) in [5.41, 5.74) is -0.0677. The zero-order valence-corrected chi connectivity index (χ0v) is 10.9. The minimum Gasteiger partial charge on any atom is -0.489 e. The van der Waals surface area contributed by atoms with Gasteiger partial charge in [0.25, 0.3) is 0 Å². The Balaban J connectivity index is 2.05. The van der Waals surface area contributed by atoms with Gasteiger partial charge < -0.3 is 9.47 Å². The van der Waals surface area contributed by atoms with Crippen molar-refractivity contribution in [3.63, 3.8) is 0 Å². The number of ether oxygens (including phenoxy) is 2. The van der Waals surface area contributed by atoms with Gasteiger partial charge in [0.2, 0.25) is 0 Å². The van der Waals surface area contributed by atoms with Crippen LogP contribution >= 0.6 is 31.9 Å². The quantitative estimate of drug-likeness (QED) is 0.796. The van der Waals surface area contributed by atoms with Gasteiger partial charge in [0, 0.05) is 4.47 Å². The molecular formula is C10H10Br2O2. The van der Waals surface area contributed by atoms with Gasteiger partial charge in [0.15, 0.2) is 0 Å². The molecule has 1 atom stereocenters. The summed E-state index contributed by atoms with van der Waals surface area (Å²) < 4.78 is 12.8. The number of halogens is 2. The highest BCUT2D eigenvalue weighted by Gasteiger charge is 2.40. The third-order valence-electron chi connectivity index (χ3n) is 2.09. The van der Waals surface area contributed by atoms with Gasteiger partial charge in [0.1, 0.15) is 18.0 Å². The normalized spacial score (nSPS) is 24.8. The highest BCUT2D eigenvalue weighted by Crippen LogP contribution is 2.34. The molecule has 76 valence electrons. The van der Waals surface area contributed by atoms with Crippen LogP contribution in [-0.2, 0) is 4.74 Å². The molecule has 2 nitrogen and oxygen atoms in total. The van der Waals surface area contributed by atoms with E-state index < -0.39 is 0 Å². The average molecular weight is 322 g/mol. The van der Waals surface area contributed by atoms with Gasteiger partial charge >= 0.3 is 0 Å². The molecule has 4 heteroatoms. The zero-order chi connectivity index (χ0) is 10.2. The molecule has 0 radical (unpaired) electrons. The maximum Gasteiger partial charge on any atom is 0.134 e. The van der Waals surface area contributed by atoms with Crippen LogP contribution in [-0.4, -0.2) is 18.8 Å². The van der Waals surface area contributed by atoms with E-state index in [1.54, 1.807) is 0 Å². The van der Waals surface area contributed by atoms with Crippen LogP contribution in [0, 0.1) is 0 Å². The second-order valence-corrected chi connectivity index (χ2v) is 5.23. The van der Waals surface area contributed by atoms with Crippen LogP contribution in [0.1, 0.15) is 6.92 Å². The van der Waals surface area contributed by atoms with Crippen molar-refractivity contribution in [3.05, 3.63) is 27.1 Å². The van der Waals surface area contributed by atoms with Gasteiger partial charge in [-0.25, -0.2) is 0 Å². The van der Waals surface area contributed by atoms with E-state index in [2.05, 4.69) is 31.9 Å². The minimum absolute atomic E-state index is 0.0677. The number of hydrogen-bond acceptors (Lipinski definition) is 2. The van der Waals surface area contributed by atoms with E-state index in [-0.39, 0.29) is 5.60 Å². The molecule has 1 heterocycles. The topological polar surface area (TPSA) is 21.8 Å². The van der Waals surface area contributed by atoms with E-state index in [0.717, 1.165) is 21.3 Å². The first kappa shape index (κ1) is 10.5. The first-order valence-electron chi connectivity index (χ1n) is 4.31. The smallest absolute Gasteiger partial charge is 0.134 e. The lowest BCUT2D eigenvalue weighted by Crippen LogP contribution is -2.17. The summed E-state index contributed by atoms with van der Waals surface area (Å²) in [6, 6.07) is 5.84. The second kappa shape index (κ2) is 3.83. The highest BCUT2D eigenvalue weighted by atomic mass is 79.9. The van der Waals surface area contributed by atoms with E-state index in [1.807, 2.05) is 25.1 Å². The van der Waals surface area contributed by atoms with Crippen molar-refractivity contribution >= 4 is 31.9 Å². The number of rotatable bonds is 3. The summed E-state index contributed by atoms with van der Waals surface area (Å²) in [5, 5.41) is 0. The average Bonchev–Trinajstić information content (AvgIpc) is 2.88. The largest absolute Gasteiger partial charge is 0.489 e. The molecule has 2 rings (SSSR count). The van der Waals surface area contributed by atoms with Crippen LogP contribution in [0.25, 0.3) is 0 Å². The molecule has 1 aromatic carbocycles. The maximum absolute atomic E-state index is 5.64. The second-order valence-electron chi connectivity index (χ2n) is 3.58. The fourth-order valence-corrected chi connectivity index (χ4v) is 1.76. The first-order valence-corrected chi connectivity index (χ1v) is 5.90. The molecule has 1 saturated heterocycles. The van der Waals surface area contributed by atoms with Crippen molar-refractivity contribution in [2.24, 2.45) is 0 Å². The summed E-state index contributed by atoms with van der Waals surface area (Å²) >= 11 is 6.88. The maximum atomic E-state index is 5.64. The third kappa shape index (κ3) is 2.30. The molecule has 0 bridgehead atoms. The zero-order valence-electron chi connectivity index (χ0n) is 7.72. The Hall–Kier alpha value is -0.0600. The standard InChI is InChI=1S/C10H10Br2O2/c1-10(6-14-10)5-13-8-4-2-3-7(11)9(8)12/h2-4H,5-6H2,1H3. The number of benzene rings is 1. The minimum atomic E-state index is -0.0677. The lowest BCUT2D eigenvalue weighted by Gasteiger charge is -2.10. The van der Waals surface area contributed by atoms with Gasteiger partial charge in [-0.1, -0.05) is 6.07 Å². The first-order chi connectivity index (χ1) is 6.61. The summed E-state index contributed by atoms with van der Waals surface area (Å²) in [6.45, 7) is 3.43. The monoisotopic (exact) mass is 320 g/mol. The molecule has 0 aromatic heterocycles. The van der Waals surface area contributed by atoms with Gasteiger partial charge in [-0.3, -0.25) is 0 Å². The van der Waals surface area contributed by atoms with Crippen LogP contribution in [0.4, 0.5) is 0 Å². The lowest BCUT2D eigenvalue weighted by atomic mass is 10.2. The Morgan fingerprint density at radius 3 is 2.86 bits per heavy atom. The predicted molar refractivity (Wildman–Crippen MR) is 61.7 cm³/mol. The highest BCUT2D eigenvalue weighted by molar-refractivity contribution is 9.13. The fourth-order valence-electron chi connectivity index (χ4n) is 1.03. The van der Waals surface area contributed by atoms with Crippen LogP contribution < -0.4 is 4.74 Å². The van der Waals surface area contributed by atoms with Crippen molar-refractivity contribution in [2.75, 3.05) is 13.2 Å². The van der Waals surface area contributed by atoms with Crippen LogP contribution in [0.3, 0.4) is 0 Å². The van der Waals surface area contributed by atoms with Crippen LogP contribution in [0.15, 0.2) is 27.1 Å². The van der Waals surface area contributed by atoms with Gasteiger partial charge in [0.05, 0.1) is 11.1 Å². The Bertz CT molecular complexity index is 348. The van der Waals surface area contributed by atoms with Crippen molar-refractivity contribution < 1.29 is 9.47 Å². The molecule has 0 saturated carbocycles. The van der Waals surface area contributed by atoms with Crippen molar-refractivity contribution in [1.29, 1.82) is 0 Å². The van der Waals surface area contributed by atoms with Crippen LogP contribution in [0.2, 0.25) is 0 Å². The molecule has 0 amide bonds. The Morgan fingerprint density at radius 1 is 1.50 bits per heavy atom. The Morgan fingerprint density at radius 2 is 2.21 bits per heavy atom. The Labute approximate surface area is 99.8 Å². The molecule has 1 aliphatic rings. The van der Waals surface area contributed by atoms with Crippen LogP contribution in [0.5, 0.6) is 5.75 Å². The Kier molecular flexibility index (Phi) is 2.86. The summed E-state index contributed by atoms with van der Waals surface area (Å²) in [7, 11) is 0. The molecule has 14 heavy (non-hydrogen) atoms. The third-order valence-corrected chi connectivity index (χ3v) is 4.10. The molecule has 1 aromatic rings. The lowest BCUT2D eigenvalue weighted by molar-refractivity contribution is 0.201. The van der Waals surface area contributed by atoms with E-state index in [1.165, 1.54) is 0 Å². The van der Waals surface area contributed by atoms with Crippen molar-refractivity contribution in [1.82, 2.24) is 0 Å². The summed E-state index contributed by atoms with van der Waals surface area (Å²) in [5.74, 6) is 0.844. The predicted octanol–water partition coefficient (Wildman–Crippen LogP) is 3.38. The van der Waals surface area contributed by atoms with Gasteiger partial charge in [-0.2, -0.15) is 0 Å². The number of hydrogen-bond donors (Lipinski definition) is 0. The van der Waals surface area contributed by atoms with E-state index in [4.69, 9.17) is 9.47 Å². The molecule has 0 N–H and O–H groups in total. The van der Waals surface area contributed by atoms with E-state index in [0.29, 0.717) is 6.61 Å². The molecule has 1 fully saturated rings. The van der Waals surface area contributed by atoms with Gasteiger partial charge in [-0.15, -0.1) is 0 Å². The molecule has 0 spiro atoms. The van der Waals surface area contributed by atoms with E-state index >= 15 is 0 Å². The SMILES string of the molecule is CC1(COc2cccc(Br)c2Br)CO1. The van der Waals surface area contributed by atoms with Gasteiger partial charge in [-0.05, 0) is 50.9 Å². The summed E-state index contributed by atoms with van der Waals surface area (Å²) in [6.07, 6.45) is 0.